The lowest BCUT2D eigenvalue weighted by atomic mass is 10.2. The molecule has 0 unspecified atom stereocenters. The summed E-state index contributed by atoms with van der Waals surface area (Å²) in [5.41, 5.74) is 0.0825. The molecule has 0 amide bonds. The zero-order valence-electron chi connectivity index (χ0n) is 6.07. The Morgan fingerprint density at radius 1 is 1.17 bits per heavy atom. The van der Waals surface area contributed by atoms with Crippen LogP contribution in [0.15, 0.2) is 18.2 Å². The number of phenolic OH excluding ortho intramolecular Hbond substituents is 2. The summed E-state index contributed by atoms with van der Waals surface area (Å²) in [5, 5.41) is 26.4. The Bertz CT molecular complexity index is 373. The SMILES string of the molecule is N#CC#Cc1c(O)cccc1O. The van der Waals surface area contributed by atoms with E-state index in [4.69, 9.17) is 15.5 Å². The van der Waals surface area contributed by atoms with E-state index >= 15 is 0 Å². The van der Waals surface area contributed by atoms with Crippen LogP contribution >= 0.6 is 0 Å². The van der Waals surface area contributed by atoms with Crippen LogP contribution in [0.25, 0.3) is 0 Å². The summed E-state index contributed by atoms with van der Waals surface area (Å²) < 4.78 is 0. The van der Waals surface area contributed by atoms with Gasteiger partial charge in [0.2, 0.25) is 0 Å². The van der Waals surface area contributed by atoms with Gasteiger partial charge < -0.3 is 10.2 Å². The molecule has 0 spiro atoms. The standard InChI is InChI=1S/C9H5NO2/c10-6-2-3-7-8(11)4-1-5-9(7)12/h1,4-5,11-12H. The summed E-state index contributed by atoms with van der Waals surface area (Å²) in [6.07, 6.45) is 0. The van der Waals surface area contributed by atoms with E-state index in [9.17, 15) is 0 Å². The predicted octanol–water partition coefficient (Wildman–Crippen LogP) is 0.973. The van der Waals surface area contributed by atoms with Crippen LogP contribution < -0.4 is 0 Å². The first kappa shape index (κ1) is 7.97. The van der Waals surface area contributed by atoms with E-state index in [-0.39, 0.29) is 17.1 Å². The molecular weight excluding hydrogens is 154 g/mol. The fraction of sp³-hybridized carbons (Fsp3) is 0. The van der Waals surface area contributed by atoms with Crippen molar-refractivity contribution in [3.8, 4) is 29.4 Å². The summed E-state index contributed by atoms with van der Waals surface area (Å²) in [6, 6.07) is 5.86. The van der Waals surface area contributed by atoms with Crippen LogP contribution in [0.5, 0.6) is 11.5 Å². The average Bonchev–Trinajstić information content (AvgIpc) is 2.04. The van der Waals surface area contributed by atoms with Gasteiger partial charge in [-0.05, 0) is 18.1 Å². The molecular formula is C9H5NO2. The lowest BCUT2D eigenvalue weighted by Gasteiger charge is -1.97. The van der Waals surface area contributed by atoms with E-state index in [0.717, 1.165) is 0 Å². The summed E-state index contributed by atoms with van der Waals surface area (Å²) in [7, 11) is 0. The van der Waals surface area contributed by atoms with E-state index < -0.39 is 0 Å². The topological polar surface area (TPSA) is 64.2 Å². The number of aromatic hydroxyl groups is 2. The van der Waals surface area contributed by atoms with Gasteiger partial charge in [-0.2, -0.15) is 5.26 Å². The van der Waals surface area contributed by atoms with Gasteiger partial charge in [-0.25, -0.2) is 0 Å². The van der Waals surface area contributed by atoms with E-state index in [2.05, 4.69) is 11.8 Å². The Kier molecular flexibility index (Phi) is 2.20. The lowest BCUT2D eigenvalue weighted by molar-refractivity contribution is 0.448. The molecule has 0 heterocycles. The van der Waals surface area contributed by atoms with Crippen molar-refractivity contribution >= 4 is 0 Å². The van der Waals surface area contributed by atoms with Gasteiger partial charge in [0, 0.05) is 5.92 Å². The molecule has 3 heteroatoms. The highest BCUT2D eigenvalue weighted by Gasteiger charge is 2.01. The molecule has 1 aromatic rings. The van der Waals surface area contributed by atoms with Crippen LogP contribution in [0, 0.1) is 23.2 Å². The molecule has 12 heavy (non-hydrogen) atoms. The summed E-state index contributed by atoms with van der Waals surface area (Å²) in [4.78, 5) is 0. The molecule has 2 N–H and O–H groups in total. The Hall–Kier alpha value is -2.13. The number of nitriles is 1. The average molecular weight is 159 g/mol. The highest BCUT2D eigenvalue weighted by atomic mass is 16.3. The first-order chi connectivity index (χ1) is 5.75. The largest absolute Gasteiger partial charge is 0.507 e. The molecule has 1 aromatic carbocycles. The third-order valence-electron chi connectivity index (χ3n) is 1.26. The van der Waals surface area contributed by atoms with Gasteiger partial charge in [-0.3, -0.25) is 0 Å². The normalized spacial score (nSPS) is 7.92. The van der Waals surface area contributed by atoms with Crippen molar-refractivity contribution in [2.75, 3.05) is 0 Å². The van der Waals surface area contributed by atoms with Gasteiger partial charge in [0.15, 0.2) is 6.07 Å². The first-order valence-electron chi connectivity index (χ1n) is 3.16. The monoisotopic (exact) mass is 159 g/mol. The molecule has 0 aliphatic carbocycles. The molecule has 58 valence electrons. The number of phenols is 2. The molecule has 0 atom stereocenters. The minimum atomic E-state index is -0.127. The summed E-state index contributed by atoms with van der Waals surface area (Å²) in [6.45, 7) is 0. The lowest BCUT2D eigenvalue weighted by Crippen LogP contribution is -1.76. The molecule has 1 rings (SSSR count). The fourth-order valence-corrected chi connectivity index (χ4v) is 0.747. The maximum absolute atomic E-state index is 9.15. The Morgan fingerprint density at radius 2 is 1.75 bits per heavy atom. The van der Waals surface area contributed by atoms with Crippen molar-refractivity contribution in [1.82, 2.24) is 0 Å². The summed E-state index contributed by atoms with van der Waals surface area (Å²) in [5.74, 6) is 4.15. The highest BCUT2D eigenvalue weighted by Crippen LogP contribution is 2.24. The molecule has 0 aliphatic rings. The van der Waals surface area contributed by atoms with E-state index in [1.807, 2.05) is 0 Å². The number of hydrogen-bond donors (Lipinski definition) is 2. The van der Waals surface area contributed by atoms with E-state index in [1.165, 1.54) is 18.2 Å². The van der Waals surface area contributed by atoms with Crippen LogP contribution in [0.3, 0.4) is 0 Å². The second-order valence-electron chi connectivity index (χ2n) is 2.03. The quantitative estimate of drug-likeness (QED) is 0.554. The van der Waals surface area contributed by atoms with Gasteiger partial charge in [0.05, 0.1) is 0 Å². The summed E-state index contributed by atoms with van der Waals surface area (Å²) >= 11 is 0. The second-order valence-corrected chi connectivity index (χ2v) is 2.03. The van der Waals surface area contributed by atoms with E-state index in [0.29, 0.717) is 0 Å². The van der Waals surface area contributed by atoms with Crippen molar-refractivity contribution < 1.29 is 10.2 Å². The van der Waals surface area contributed by atoms with Crippen LogP contribution in [-0.2, 0) is 0 Å². The van der Waals surface area contributed by atoms with Crippen LogP contribution in [0.2, 0.25) is 0 Å². The van der Waals surface area contributed by atoms with Crippen molar-refractivity contribution in [1.29, 1.82) is 5.26 Å². The fourth-order valence-electron chi connectivity index (χ4n) is 0.747. The van der Waals surface area contributed by atoms with Crippen molar-refractivity contribution in [3.63, 3.8) is 0 Å². The van der Waals surface area contributed by atoms with Crippen molar-refractivity contribution in [3.05, 3.63) is 23.8 Å². The Morgan fingerprint density at radius 3 is 2.25 bits per heavy atom. The number of nitrogens with zero attached hydrogens (tertiary/aromatic N) is 1. The van der Waals surface area contributed by atoms with Gasteiger partial charge in [0.1, 0.15) is 17.1 Å². The van der Waals surface area contributed by atoms with Crippen molar-refractivity contribution in [2.45, 2.75) is 0 Å². The van der Waals surface area contributed by atoms with Crippen LogP contribution in [0.4, 0.5) is 0 Å². The minimum Gasteiger partial charge on any atom is -0.507 e. The van der Waals surface area contributed by atoms with Gasteiger partial charge in [-0.1, -0.05) is 6.07 Å². The van der Waals surface area contributed by atoms with Gasteiger partial charge in [-0.15, -0.1) is 0 Å². The van der Waals surface area contributed by atoms with Crippen molar-refractivity contribution in [2.24, 2.45) is 0 Å². The molecule has 3 nitrogen and oxygen atoms in total. The highest BCUT2D eigenvalue weighted by molar-refractivity contribution is 5.54. The predicted molar refractivity (Wildman–Crippen MR) is 42.3 cm³/mol. The van der Waals surface area contributed by atoms with Crippen LogP contribution in [-0.4, -0.2) is 10.2 Å². The Balaban J connectivity index is 3.24. The molecule has 0 saturated carbocycles. The number of hydrogen-bond acceptors (Lipinski definition) is 3. The maximum Gasteiger partial charge on any atom is 0.152 e. The smallest absolute Gasteiger partial charge is 0.152 e. The zero-order chi connectivity index (χ0) is 8.97. The third kappa shape index (κ3) is 1.47. The molecule has 0 bridgehead atoms. The third-order valence-corrected chi connectivity index (χ3v) is 1.26. The molecule has 0 fully saturated rings. The van der Waals surface area contributed by atoms with Crippen LogP contribution in [0.1, 0.15) is 5.56 Å². The number of rotatable bonds is 0. The van der Waals surface area contributed by atoms with Gasteiger partial charge in [0.25, 0.3) is 0 Å². The van der Waals surface area contributed by atoms with Gasteiger partial charge >= 0.3 is 0 Å². The zero-order valence-corrected chi connectivity index (χ0v) is 6.07. The first-order valence-corrected chi connectivity index (χ1v) is 3.16. The molecule has 0 aromatic heterocycles. The molecule has 0 radical (unpaired) electrons. The molecule has 0 aliphatic heterocycles. The number of benzene rings is 1. The minimum absolute atomic E-state index is 0.0825. The van der Waals surface area contributed by atoms with E-state index in [1.54, 1.807) is 6.07 Å². The molecule has 0 saturated heterocycles. The second kappa shape index (κ2) is 3.32. The maximum atomic E-state index is 9.15. The Labute approximate surface area is 69.5 Å².